The second-order valence-corrected chi connectivity index (χ2v) is 4.65. The highest BCUT2D eigenvalue weighted by molar-refractivity contribution is 5.95. The predicted octanol–water partition coefficient (Wildman–Crippen LogP) is 1.55. The number of carbonyl (C=O) groups is 2. The van der Waals surface area contributed by atoms with Crippen LogP contribution in [-0.4, -0.2) is 30.6 Å². The Bertz CT molecular complexity index is 649. The minimum absolute atomic E-state index is 0.0602. The molecule has 6 nitrogen and oxygen atoms in total. The lowest BCUT2D eigenvalue weighted by Crippen LogP contribution is -2.18. The van der Waals surface area contributed by atoms with Gasteiger partial charge in [0.1, 0.15) is 12.5 Å². The fraction of sp³-hybridized carbons (Fsp3) is 0.312. The van der Waals surface area contributed by atoms with Gasteiger partial charge in [0.15, 0.2) is 5.69 Å². The molecule has 22 heavy (non-hydrogen) atoms. The summed E-state index contributed by atoms with van der Waals surface area (Å²) in [7, 11) is 0. The molecule has 1 atom stereocenters. The van der Waals surface area contributed by atoms with Crippen molar-refractivity contribution >= 4 is 12.3 Å². The van der Waals surface area contributed by atoms with Crippen LogP contribution in [0.3, 0.4) is 0 Å². The first-order valence-electron chi connectivity index (χ1n) is 6.95. The Morgan fingerprint density at radius 2 is 2.18 bits per heavy atom. The number of benzene rings is 1. The largest absolute Gasteiger partial charge is 0.854 e. The smallest absolute Gasteiger partial charge is 0.361 e. The Morgan fingerprint density at radius 3 is 2.86 bits per heavy atom. The Morgan fingerprint density at radius 1 is 1.41 bits per heavy atom. The number of esters is 1. The summed E-state index contributed by atoms with van der Waals surface area (Å²) < 4.78 is 9.84. The van der Waals surface area contributed by atoms with Gasteiger partial charge >= 0.3 is 5.97 Å². The third-order valence-electron chi connectivity index (χ3n) is 3.31. The third kappa shape index (κ3) is 3.23. The Labute approximate surface area is 127 Å². The summed E-state index contributed by atoms with van der Waals surface area (Å²) in [4.78, 5) is 22.7. The number of carbonyl (C=O) groups excluding carboxylic acids is 2. The van der Waals surface area contributed by atoms with Crippen LogP contribution in [0.1, 0.15) is 35.3 Å². The van der Waals surface area contributed by atoms with E-state index in [1.54, 1.807) is 31.2 Å². The summed E-state index contributed by atoms with van der Waals surface area (Å²) in [6, 6.07) is 7.09. The maximum Gasteiger partial charge on any atom is 0.361 e. The minimum atomic E-state index is -0.588. The summed E-state index contributed by atoms with van der Waals surface area (Å²) >= 11 is 0. The highest BCUT2D eigenvalue weighted by Gasteiger charge is 2.22. The fourth-order valence-electron chi connectivity index (χ4n) is 2.27. The van der Waals surface area contributed by atoms with Gasteiger partial charge in [-0.15, -0.1) is 6.61 Å². The van der Waals surface area contributed by atoms with Crippen molar-refractivity contribution < 1.29 is 24.0 Å². The molecular formula is C16H16NO5-. The molecule has 0 saturated heterocycles. The lowest BCUT2D eigenvalue weighted by molar-refractivity contribution is -0.372. The first-order valence-corrected chi connectivity index (χ1v) is 6.95. The van der Waals surface area contributed by atoms with E-state index in [1.165, 1.54) is 6.26 Å². The summed E-state index contributed by atoms with van der Waals surface area (Å²) in [5.74, 6) is -1.05. The maximum absolute atomic E-state index is 11.9. The van der Waals surface area contributed by atoms with Crippen molar-refractivity contribution in [2.24, 2.45) is 0 Å². The lowest BCUT2D eigenvalue weighted by Gasteiger charge is -2.20. The van der Waals surface area contributed by atoms with Crippen molar-refractivity contribution in [1.82, 2.24) is 5.16 Å². The molecule has 116 valence electrons. The van der Waals surface area contributed by atoms with Crippen LogP contribution >= 0.6 is 0 Å². The highest BCUT2D eigenvalue weighted by atomic mass is 16.5. The van der Waals surface area contributed by atoms with Crippen LogP contribution < -0.4 is 5.11 Å². The molecule has 1 aromatic carbocycles. The maximum atomic E-state index is 11.9. The van der Waals surface area contributed by atoms with E-state index in [0.717, 1.165) is 6.29 Å². The van der Waals surface area contributed by atoms with E-state index >= 15 is 0 Å². The molecule has 1 unspecified atom stereocenters. The van der Waals surface area contributed by atoms with Crippen LogP contribution in [0.25, 0.3) is 11.1 Å². The standard InChI is InChI=1S/C16H16NO5/c1-2-21-16(20)15-14(10-22-17-15)13-6-4-3-5-12(13)11(9-19)7-8-18/h3-6,8,10-11H,2,7,9H2,1H3/q-1. The summed E-state index contributed by atoms with van der Waals surface area (Å²) in [6.07, 6.45) is 2.19. The lowest BCUT2D eigenvalue weighted by atomic mass is 9.89. The average Bonchev–Trinajstić information content (AvgIpc) is 3.02. The molecule has 0 saturated carbocycles. The summed E-state index contributed by atoms with van der Waals surface area (Å²) in [6.45, 7) is 1.50. The highest BCUT2D eigenvalue weighted by Crippen LogP contribution is 2.32. The van der Waals surface area contributed by atoms with E-state index in [0.29, 0.717) is 16.7 Å². The first kappa shape index (κ1) is 15.9. The molecule has 0 amide bonds. The van der Waals surface area contributed by atoms with Crippen LogP contribution in [-0.2, 0) is 9.53 Å². The molecule has 0 bridgehead atoms. The van der Waals surface area contributed by atoms with Crippen molar-refractivity contribution in [3.8, 4) is 11.1 Å². The number of rotatable bonds is 7. The second kappa shape index (κ2) is 7.51. The number of aromatic nitrogens is 1. The van der Waals surface area contributed by atoms with E-state index < -0.39 is 18.5 Å². The number of hydrogen-bond acceptors (Lipinski definition) is 6. The molecule has 0 aliphatic heterocycles. The molecule has 2 aromatic rings. The second-order valence-electron chi connectivity index (χ2n) is 4.65. The van der Waals surface area contributed by atoms with Gasteiger partial charge in [-0.2, -0.15) is 0 Å². The fourth-order valence-corrected chi connectivity index (χ4v) is 2.27. The van der Waals surface area contributed by atoms with Gasteiger partial charge in [0.25, 0.3) is 0 Å². The van der Waals surface area contributed by atoms with E-state index in [9.17, 15) is 14.7 Å². The van der Waals surface area contributed by atoms with Crippen LogP contribution in [0.15, 0.2) is 35.1 Å². The Kier molecular flexibility index (Phi) is 5.43. The first-order chi connectivity index (χ1) is 10.7. The van der Waals surface area contributed by atoms with Crippen LogP contribution in [0.5, 0.6) is 0 Å². The normalized spacial score (nSPS) is 11.9. The molecule has 2 rings (SSSR count). The van der Waals surface area contributed by atoms with Gasteiger partial charge in [0.05, 0.1) is 12.2 Å². The molecule has 0 aliphatic carbocycles. The molecular weight excluding hydrogens is 286 g/mol. The van der Waals surface area contributed by atoms with Crippen molar-refractivity contribution in [2.75, 3.05) is 13.2 Å². The van der Waals surface area contributed by atoms with Gasteiger partial charge in [-0.3, -0.25) is 0 Å². The van der Waals surface area contributed by atoms with Gasteiger partial charge in [0.2, 0.25) is 0 Å². The minimum Gasteiger partial charge on any atom is -0.854 e. The van der Waals surface area contributed by atoms with Crippen molar-refractivity contribution in [3.63, 3.8) is 0 Å². The molecule has 0 radical (unpaired) electrons. The van der Waals surface area contributed by atoms with Crippen LogP contribution in [0, 0.1) is 0 Å². The van der Waals surface area contributed by atoms with Crippen molar-refractivity contribution in [1.29, 1.82) is 0 Å². The molecule has 0 N–H and O–H groups in total. The van der Waals surface area contributed by atoms with Crippen molar-refractivity contribution in [3.05, 3.63) is 41.8 Å². The summed E-state index contributed by atoms with van der Waals surface area (Å²) in [5.41, 5.74) is 1.86. The molecule has 1 heterocycles. The molecule has 0 aliphatic rings. The Balaban J connectivity index is 2.48. The van der Waals surface area contributed by atoms with Crippen LogP contribution in [0.2, 0.25) is 0 Å². The predicted molar refractivity (Wildman–Crippen MR) is 76.2 cm³/mol. The van der Waals surface area contributed by atoms with E-state index in [1.807, 2.05) is 0 Å². The Hall–Kier alpha value is -2.47. The quantitative estimate of drug-likeness (QED) is 0.569. The number of aldehydes is 1. The molecule has 1 aromatic heterocycles. The van der Waals surface area contributed by atoms with Gasteiger partial charge in [-0.1, -0.05) is 29.4 Å². The van der Waals surface area contributed by atoms with E-state index in [-0.39, 0.29) is 18.7 Å². The average molecular weight is 302 g/mol. The SMILES string of the molecule is CCOC(=O)c1nocc1-c1ccccc1C(C[O-])CC=O. The third-order valence-corrected chi connectivity index (χ3v) is 3.31. The zero-order chi connectivity index (χ0) is 15.9. The van der Waals surface area contributed by atoms with Gasteiger partial charge in [-0.25, -0.2) is 4.79 Å². The van der Waals surface area contributed by atoms with Gasteiger partial charge in [0, 0.05) is 6.42 Å². The van der Waals surface area contributed by atoms with Crippen LogP contribution in [0.4, 0.5) is 0 Å². The van der Waals surface area contributed by atoms with Crippen molar-refractivity contribution in [2.45, 2.75) is 19.3 Å². The molecule has 6 heteroatoms. The zero-order valence-corrected chi connectivity index (χ0v) is 12.2. The van der Waals surface area contributed by atoms with Gasteiger partial charge in [-0.05, 0) is 24.0 Å². The monoisotopic (exact) mass is 302 g/mol. The number of nitrogens with zero attached hydrogens (tertiary/aromatic N) is 1. The zero-order valence-electron chi connectivity index (χ0n) is 12.2. The topological polar surface area (TPSA) is 92.5 Å². The molecule has 0 fully saturated rings. The number of ether oxygens (including phenoxy) is 1. The van der Waals surface area contributed by atoms with E-state index in [2.05, 4.69) is 5.16 Å². The van der Waals surface area contributed by atoms with E-state index in [4.69, 9.17) is 9.26 Å². The summed E-state index contributed by atoms with van der Waals surface area (Å²) in [5, 5.41) is 15.1. The number of hydrogen-bond donors (Lipinski definition) is 0. The molecule has 0 spiro atoms. The van der Waals surface area contributed by atoms with Gasteiger partial charge < -0.3 is 19.2 Å².